The van der Waals surface area contributed by atoms with E-state index in [0.29, 0.717) is 18.5 Å². The molecule has 1 fully saturated rings. The van der Waals surface area contributed by atoms with Gasteiger partial charge in [-0.25, -0.2) is 9.78 Å². The zero-order valence-electron chi connectivity index (χ0n) is 20.5. The van der Waals surface area contributed by atoms with Crippen LogP contribution in [-0.4, -0.2) is 46.5 Å². The number of ether oxygens (including phenoxy) is 4. The van der Waals surface area contributed by atoms with Gasteiger partial charge in [0.25, 0.3) is 5.91 Å². The molecule has 4 rings (SSSR count). The van der Waals surface area contributed by atoms with Gasteiger partial charge in [0.1, 0.15) is 5.56 Å². The zero-order valence-corrected chi connectivity index (χ0v) is 20.5. The van der Waals surface area contributed by atoms with Gasteiger partial charge in [-0.2, -0.15) is 0 Å². The summed E-state index contributed by atoms with van der Waals surface area (Å²) in [6.45, 7) is 3.64. The maximum absolute atomic E-state index is 12.9. The second-order valence-electron chi connectivity index (χ2n) is 9.55. The molecule has 1 aliphatic heterocycles. The predicted molar refractivity (Wildman–Crippen MR) is 130 cm³/mol. The smallest absolute Gasteiger partial charge is 0.335 e. The van der Waals surface area contributed by atoms with Gasteiger partial charge in [-0.1, -0.05) is 30.3 Å². The molecule has 1 saturated carbocycles. The number of carbonyl (C=O) groups excluding carboxylic acids is 1. The van der Waals surface area contributed by atoms with Crippen LogP contribution in [0.15, 0.2) is 60.9 Å². The number of aliphatic carboxylic acids is 1. The summed E-state index contributed by atoms with van der Waals surface area (Å²) in [7, 11) is 0. The van der Waals surface area contributed by atoms with Crippen LogP contribution in [-0.2, 0) is 25.4 Å². The Bertz CT molecular complexity index is 1080. The maximum Gasteiger partial charge on any atom is 0.335 e. The minimum Gasteiger partial charge on any atom is -0.479 e. The first kappa shape index (κ1) is 25.5. The fourth-order valence-electron chi connectivity index (χ4n) is 4.25. The highest BCUT2D eigenvalue weighted by atomic mass is 16.8. The standard InChI is InChI=1S/C27H32N2O7/c1-27(2,26(31)32)36-20-12-10-19(11-13-20)16-29-24(30)21-9-6-14-28-25(21)35-23-17-33-22(34-23)15-18-7-4-3-5-8-18/h3-9,14,17,19-20,22H,10-13,15-16H2,1-2H3,(H,29,30)(H,31,32). The molecular formula is C27H32N2O7. The largest absolute Gasteiger partial charge is 0.479 e. The molecule has 9 heteroatoms. The van der Waals surface area contributed by atoms with Crippen LogP contribution in [0.2, 0.25) is 0 Å². The van der Waals surface area contributed by atoms with Gasteiger partial charge < -0.3 is 29.4 Å². The summed E-state index contributed by atoms with van der Waals surface area (Å²) in [4.78, 5) is 28.4. The number of carboxylic acid groups (broad SMARTS) is 1. The van der Waals surface area contributed by atoms with Crippen molar-refractivity contribution in [1.82, 2.24) is 10.3 Å². The van der Waals surface area contributed by atoms with E-state index in [4.69, 9.17) is 18.9 Å². The molecule has 1 aromatic carbocycles. The summed E-state index contributed by atoms with van der Waals surface area (Å²) in [5, 5.41) is 12.2. The number of amides is 1. The Morgan fingerprint density at radius 2 is 1.86 bits per heavy atom. The average Bonchev–Trinajstić information content (AvgIpc) is 3.30. The van der Waals surface area contributed by atoms with E-state index in [1.54, 1.807) is 32.2 Å². The minimum absolute atomic E-state index is 0.0889. The van der Waals surface area contributed by atoms with E-state index in [-0.39, 0.29) is 29.8 Å². The number of carbonyl (C=O) groups is 2. The van der Waals surface area contributed by atoms with Crippen LogP contribution in [0.1, 0.15) is 55.5 Å². The van der Waals surface area contributed by atoms with Crippen LogP contribution < -0.4 is 10.1 Å². The van der Waals surface area contributed by atoms with E-state index in [1.807, 2.05) is 30.3 Å². The SMILES string of the molecule is CC(C)(OC1CCC(CNC(=O)c2cccnc2OC2=COC(Cc3ccccc3)O2)CC1)C(=O)O. The summed E-state index contributed by atoms with van der Waals surface area (Å²) in [6.07, 6.45) is 6.09. The van der Waals surface area contributed by atoms with Crippen LogP contribution >= 0.6 is 0 Å². The van der Waals surface area contributed by atoms with Crippen LogP contribution in [0.3, 0.4) is 0 Å². The normalized spacial score (nSPS) is 21.6. The molecule has 9 nitrogen and oxygen atoms in total. The zero-order chi connectivity index (χ0) is 25.5. The minimum atomic E-state index is -1.20. The topological polar surface area (TPSA) is 116 Å². The van der Waals surface area contributed by atoms with Crippen molar-refractivity contribution in [2.75, 3.05) is 6.54 Å². The van der Waals surface area contributed by atoms with Gasteiger partial charge in [0.2, 0.25) is 12.2 Å². The number of carboxylic acids is 1. The van der Waals surface area contributed by atoms with Crippen LogP contribution in [0.4, 0.5) is 0 Å². The van der Waals surface area contributed by atoms with E-state index >= 15 is 0 Å². The molecule has 0 radical (unpaired) electrons. The lowest BCUT2D eigenvalue weighted by Crippen LogP contribution is -2.40. The van der Waals surface area contributed by atoms with Gasteiger partial charge in [0, 0.05) is 19.2 Å². The Balaban J connectivity index is 1.25. The van der Waals surface area contributed by atoms with E-state index < -0.39 is 17.9 Å². The van der Waals surface area contributed by atoms with E-state index in [9.17, 15) is 14.7 Å². The number of nitrogens with one attached hydrogen (secondary N) is 1. The van der Waals surface area contributed by atoms with Gasteiger partial charge in [-0.15, -0.1) is 0 Å². The number of pyridine rings is 1. The Hall–Kier alpha value is -3.59. The lowest BCUT2D eigenvalue weighted by molar-refractivity contribution is -0.170. The second kappa shape index (κ2) is 11.4. The third kappa shape index (κ3) is 6.75. The lowest BCUT2D eigenvalue weighted by atomic mass is 9.87. The van der Waals surface area contributed by atoms with Crippen LogP contribution in [0, 0.1) is 5.92 Å². The van der Waals surface area contributed by atoms with E-state index in [0.717, 1.165) is 31.2 Å². The van der Waals surface area contributed by atoms with Crippen LogP contribution in [0.25, 0.3) is 0 Å². The van der Waals surface area contributed by atoms with Crippen molar-refractivity contribution in [1.29, 1.82) is 0 Å². The molecule has 0 saturated heterocycles. The molecule has 1 unspecified atom stereocenters. The molecule has 2 heterocycles. The summed E-state index contributed by atoms with van der Waals surface area (Å²) in [5.41, 5.74) is 0.169. The van der Waals surface area contributed by atoms with Crippen molar-refractivity contribution in [3.8, 4) is 5.88 Å². The Morgan fingerprint density at radius 1 is 1.11 bits per heavy atom. The molecule has 1 atom stereocenters. The number of hydrogen-bond donors (Lipinski definition) is 2. The highest BCUT2D eigenvalue weighted by Crippen LogP contribution is 2.29. The Morgan fingerprint density at radius 3 is 2.58 bits per heavy atom. The molecule has 1 amide bonds. The molecule has 192 valence electrons. The van der Waals surface area contributed by atoms with Crippen molar-refractivity contribution in [3.05, 3.63) is 72.0 Å². The highest BCUT2D eigenvalue weighted by Gasteiger charge is 2.33. The number of nitrogens with zero attached hydrogens (tertiary/aromatic N) is 1. The second-order valence-corrected chi connectivity index (χ2v) is 9.55. The first-order chi connectivity index (χ1) is 17.3. The summed E-state index contributed by atoms with van der Waals surface area (Å²) >= 11 is 0. The third-order valence-corrected chi connectivity index (χ3v) is 6.34. The van der Waals surface area contributed by atoms with E-state index in [1.165, 1.54) is 6.26 Å². The van der Waals surface area contributed by atoms with Gasteiger partial charge in [0.05, 0.1) is 6.10 Å². The number of hydrogen-bond acceptors (Lipinski definition) is 7. The van der Waals surface area contributed by atoms with Crippen molar-refractivity contribution in [2.24, 2.45) is 5.92 Å². The first-order valence-electron chi connectivity index (χ1n) is 12.2. The fourth-order valence-corrected chi connectivity index (χ4v) is 4.25. The molecule has 2 N–H and O–H groups in total. The van der Waals surface area contributed by atoms with Gasteiger partial charge in [-0.3, -0.25) is 4.79 Å². The number of aromatic nitrogens is 1. The van der Waals surface area contributed by atoms with Gasteiger partial charge in [-0.05, 0) is 63.1 Å². The maximum atomic E-state index is 12.9. The number of benzene rings is 1. The molecule has 2 aromatic rings. The average molecular weight is 497 g/mol. The number of rotatable bonds is 10. The van der Waals surface area contributed by atoms with Crippen molar-refractivity contribution >= 4 is 11.9 Å². The van der Waals surface area contributed by atoms with E-state index in [2.05, 4.69) is 10.3 Å². The van der Waals surface area contributed by atoms with Gasteiger partial charge >= 0.3 is 11.9 Å². The summed E-state index contributed by atoms with van der Waals surface area (Å²) < 4.78 is 22.8. The Labute approximate surface area is 210 Å². The summed E-state index contributed by atoms with van der Waals surface area (Å²) in [6, 6.07) is 13.2. The highest BCUT2D eigenvalue weighted by molar-refractivity contribution is 5.96. The quantitative estimate of drug-likeness (QED) is 0.506. The molecule has 1 aliphatic carbocycles. The fraction of sp³-hybridized carbons (Fsp3) is 0.444. The Kier molecular flexibility index (Phi) is 8.10. The monoisotopic (exact) mass is 496 g/mol. The molecule has 2 aliphatic rings. The van der Waals surface area contributed by atoms with Crippen molar-refractivity contribution in [3.63, 3.8) is 0 Å². The molecule has 0 bridgehead atoms. The molecular weight excluding hydrogens is 464 g/mol. The predicted octanol–water partition coefficient (Wildman–Crippen LogP) is 4.04. The van der Waals surface area contributed by atoms with Crippen molar-refractivity contribution < 1.29 is 33.6 Å². The molecule has 0 spiro atoms. The summed E-state index contributed by atoms with van der Waals surface area (Å²) in [5.74, 6) is -0.687. The first-order valence-corrected chi connectivity index (χ1v) is 12.2. The van der Waals surface area contributed by atoms with Gasteiger partial charge in [0.15, 0.2) is 11.9 Å². The third-order valence-electron chi connectivity index (χ3n) is 6.34. The lowest BCUT2D eigenvalue weighted by Gasteiger charge is -2.33. The molecule has 36 heavy (non-hydrogen) atoms. The van der Waals surface area contributed by atoms with Crippen LogP contribution in [0.5, 0.6) is 5.88 Å². The molecule has 1 aromatic heterocycles. The van der Waals surface area contributed by atoms with Crippen molar-refractivity contribution in [2.45, 2.75) is 63.9 Å².